The predicted molar refractivity (Wildman–Crippen MR) is 149 cm³/mol. The SMILES string of the molecule is c1ccc(-n2c3ccccc3c3ccc4c(c5cccc6c5n4C4=Nc5ccccc5NC46)c32)cc1. The third kappa shape index (κ3) is 2.13. The molecule has 4 nitrogen and oxygen atoms in total. The van der Waals surface area contributed by atoms with E-state index in [-0.39, 0.29) is 6.04 Å². The van der Waals surface area contributed by atoms with Crippen LogP contribution in [-0.4, -0.2) is 15.0 Å². The minimum atomic E-state index is 0.0543. The van der Waals surface area contributed by atoms with E-state index in [1.54, 1.807) is 0 Å². The third-order valence-electron chi connectivity index (χ3n) is 7.87. The highest BCUT2D eigenvalue weighted by molar-refractivity contribution is 6.30. The lowest BCUT2D eigenvalue weighted by Crippen LogP contribution is -2.24. The fourth-order valence-corrected chi connectivity index (χ4v) is 6.45. The zero-order valence-corrected chi connectivity index (χ0v) is 19.3. The zero-order chi connectivity index (χ0) is 23.4. The molecule has 2 aliphatic heterocycles. The summed E-state index contributed by atoms with van der Waals surface area (Å²) in [6.07, 6.45) is 0. The number of nitrogens with one attached hydrogen (secondary N) is 1. The first-order chi connectivity index (χ1) is 17.9. The van der Waals surface area contributed by atoms with Gasteiger partial charge in [0.05, 0.1) is 33.4 Å². The lowest BCUT2D eigenvalue weighted by Gasteiger charge is -2.23. The van der Waals surface area contributed by atoms with E-state index >= 15 is 0 Å². The summed E-state index contributed by atoms with van der Waals surface area (Å²) in [4.78, 5) is 5.18. The molecule has 4 heteroatoms. The Bertz CT molecular complexity index is 2070. The molecular formula is C32H20N4. The van der Waals surface area contributed by atoms with Gasteiger partial charge in [0, 0.05) is 32.8 Å². The molecular weight excluding hydrogens is 440 g/mol. The second-order valence-electron chi connectivity index (χ2n) is 9.69. The Hall–Kier alpha value is -4.83. The van der Waals surface area contributed by atoms with E-state index in [2.05, 4.69) is 124 Å². The molecule has 1 N–H and O–H groups in total. The highest BCUT2D eigenvalue weighted by atomic mass is 15.2. The molecule has 1 unspecified atom stereocenters. The molecule has 2 aromatic heterocycles. The average molecular weight is 461 g/mol. The van der Waals surface area contributed by atoms with Crippen LogP contribution >= 0.6 is 0 Å². The Kier molecular flexibility index (Phi) is 3.30. The first-order valence-electron chi connectivity index (χ1n) is 12.4. The number of rotatable bonds is 1. The molecule has 36 heavy (non-hydrogen) atoms. The first kappa shape index (κ1) is 18.5. The molecule has 0 bridgehead atoms. The fourth-order valence-electron chi connectivity index (χ4n) is 6.45. The van der Waals surface area contributed by atoms with Crippen LogP contribution in [0.5, 0.6) is 0 Å². The number of hydrogen-bond acceptors (Lipinski definition) is 2. The van der Waals surface area contributed by atoms with Crippen molar-refractivity contribution in [3.05, 3.63) is 115 Å². The Balaban J connectivity index is 1.50. The highest BCUT2D eigenvalue weighted by Gasteiger charge is 2.36. The summed E-state index contributed by atoms with van der Waals surface area (Å²) in [6.45, 7) is 0. The Labute approximate surface area is 206 Å². The monoisotopic (exact) mass is 460 g/mol. The van der Waals surface area contributed by atoms with E-state index in [1.165, 1.54) is 54.9 Å². The zero-order valence-electron chi connectivity index (χ0n) is 19.3. The molecule has 0 saturated heterocycles. The predicted octanol–water partition coefficient (Wildman–Crippen LogP) is 7.95. The minimum absolute atomic E-state index is 0.0543. The van der Waals surface area contributed by atoms with Gasteiger partial charge < -0.3 is 9.88 Å². The van der Waals surface area contributed by atoms with Crippen LogP contribution < -0.4 is 5.32 Å². The van der Waals surface area contributed by atoms with Gasteiger partial charge in [0.1, 0.15) is 11.9 Å². The second kappa shape index (κ2) is 6.43. The quantitative estimate of drug-likeness (QED) is 0.265. The molecule has 7 aromatic rings. The Morgan fingerprint density at radius 3 is 2.33 bits per heavy atom. The second-order valence-corrected chi connectivity index (χ2v) is 9.69. The van der Waals surface area contributed by atoms with Gasteiger partial charge in [0.2, 0.25) is 0 Å². The molecule has 0 fully saturated rings. The number of aromatic nitrogens is 2. The number of hydrogen-bond donors (Lipinski definition) is 1. The number of anilines is 1. The maximum atomic E-state index is 5.18. The molecule has 0 aliphatic carbocycles. The molecule has 0 radical (unpaired) electrons. The van der Waals surface area contributed by atoms with Crippen molar-refractivity contribution in [2.45, 2.75) is 6.04 Å². The van der Waals surface area contributed by atoms with Crippen LogP contribution in [0, 0.1) is 0 Å². The molecule has 0 spiro atoms. The van der Waals surface area contributed by atoms with Gasteiger partial charge in [-0.25, -0.2) is 4.99 Å². The number of benzene rings is 5. The third-order valence-corrected chi connectivity index (χ3v) is 7.87. The van der Waals surface area contributed by atoms with Crippen LogP contribution in [-0.2, 0) is 0 Å². The van der Waals surface area contributed by atoms with E-state index < -0.39 is 0 Å². The minimum Gasteiger partial charge on any atom is -0.370 e. The summed E-state index contributed by atoms with van der Waals surface area (Å²) in [5.41, 5.74) is 9.48. The van der Waals surface area contributed by atoms with Crippen molar-refractivity contribution in [1.82, 2.24) is 9.13 Å². The van der Waals surface area contributed by atoms with Crippen LogP contribution in [0.15, 0.2) is 114 Å². The summed E-state index contributed by atoms with van der Waals surface area (Å²) in [5.74, 6) is 1.05. The van der Waals surface area contributed by atoms with Crippen molar-refractivity contribution in [2.75, 3.05) is 5.32 Å². The molecule has 0 amide bonds. The molecule has 2 aliphatic rings. The summed E-state index contributed by atoms with van der Waals surface area (Å²) < 4.78 is 4.82. The molecule has 5 aromatic carbocycles. The first-order valence-corrected chi connectivity index (χ1v) is 12.4. The van der Waals surface area contributed by atoms with Gasteiger partial charge in [0.25, 0.3) is 0 Å². The van der Waals surface area contributed by atoms with Gasteiger partial charge in [-0.1, -0.05) is 72.8 Å². The average Bonchev–Trinajstić information content (AvgIpc) is 3.57. The summed E-state index contributed by atoms with van der Waals surface area (Å²) in [5, 5.41) is 8.86. The van der Waals surface area contributed by atoms with Gasteiger partial charge in [-0.3, -0.25) is 4.57 Å². The van der Waals surface area contributed by atoms with E-state index in [1.807, 2.05) is 0 Å². The molecule has 0 saturated carbocycles. The summed E-state index contributed by atoms with van der Waals surface area (Å²) >= 11 is 0. The Morgan fingerprint density at radius 2 is 1.39 bits per heavy atom. The van der Waals surface area contributed by atoms with Gasteiger partial charge in [-0.05, 0) is 36.4 Å². The van der Waals surface area contributed by atoms with Crippen LogP contribution in [0.3, 0.4) is 0 Å². The van der Waals surface area contributed by atoms with Crippen molar-refractivity contribution >= 4 is 60.8 Å². The van der Waals surface area contributed by atoms with E-state index in [0.29, 0.717) is 0 Å². The smallest absolute Gasteiger partial charge is 0.141 e. The lowest BCUT2D eigenvalue weighted by molar-refractivity contribution is 1.02. The maximum absolute atomic E-state index is 5.18. The summed E-state index contributed by atoms with van der Waals surface area (Å²) in [7, 11) is 0. The van der Waals surface area contributed by atoms with Crippen LogP contribution in [0.1, 0.15) is 11.6 Å². The van der Waals surface area contributed by atoms with Crippen molar-refractivity contribution < 1.29 is 0 Å². The molecule has 168 valence electrons. The van der Waals surface area contributed by atoms with Gasteiger partial charge >= 0.3 is 0 Å². The van der Waals surface area contributed by atoms with Gasteiger partial charge in [-0.2, -0.15) is 0 Å². The summed E-state index contributed by atoms with van der Waals surface area (Å²) in [6, 6.07) is 39.1. The number of nitrogens with zero attached hydrogens (tertiary/aromatic N) is 3. The van der Waals surface area contributed by atoms with E-state index in [4.69, 9.17) is 4.99 Å². The molecule has 4 heterocycles. The number of para-hydroxylation sites is 5. The van der Waals surface area contributed by atoms with Crippen LogP contribution in [0.2, 0.25) is 0 Å². The standard InChI is InChI=1S/C32H20N4/c1-2-9-19(10-3-1)35-26-16-7-4-11-20(26)21-17-18-27-28(31(21)35)22-12-8-13-23-29-32(36(27)30(22)23)34-25-15-6-5-14-24(25)33-29/h1-18,29,33H. The lowest BCUT2D eigenvalue weighted by atomic mass is 10.0. The number of fused-ring (bicyclic) bond motifs is 11. The van der Waals surface area contributed by atoms with Gasteiger partial charge in [-0.15, -0.1) is 0 Å². The van der Waals surface area contributed by atoms with E-state index in [9.17, 15) is 0 Å². The van der Waals surface area contributed by atoms with Crippen molar-refractivity contribution in [2.24, 2.45) is 4.99 Å². The fraction of sp³-hybridized carbons (Fsp3) is 0.0312. The normalized spacial score (nSPS) is 15.9. The topological polar surface area (TPSA) is 34.2 Å². The van der Waals surface area contributed by atoms with Crippen molar-refractivity contribution in [1.29, 1.82) is 0 Å². The highest BCUT2D eigenvalue weighted by Crippen LogP contribution is 2.48. The van der Waals surface area contributed by atoms with Crippen molar-refractivity contribution in [3.8, 4) is 5.69 Å². The Morgan fingerprint density at radius 1 is 0.583 bits per heavy atom. The van der Waals surface area contributed by atoms with Crippen molar-refractivity contribution in [3.63, 3.8) is 0 Å². The molecule has 1 atom stereocenters. The molecule has 9 rings (SSSR count). The largest absolute Gasteiger partial charge is 0.370 e. The van der Waals surface area contributed by atoms with Crippen LogP contribution in [0.4, 0.5) is 11.4 Å². The van der Waals surface area contributed by atoms with Crippen LogP contribution in [0.25, 0.3) is 49.3 Å². The van der Waals surface area contributed by atoms with Gasteiger partial charge in [0.15, 0.2) is 0 Å². The van der Waals surface area contributed by atoms with E-state index in [0.717, 1.165) is 17.2 Å². The maximum Gasteiger partial charge on any atom is 0.141 e. The number of aliphatic imine (C=N–C) groups is 1.